The molecule has 0 bridgehead atoms. The van der Waals surface area contributed by atoms with E-state index in [0.29, 0.717) is 16.8 Å². The average Bonchev–Trinajstić information content (AvgIpc) is 2.55. The molecule has 0 radical (unpaired) electrons. The van der Waals surface area contributed by atoms with E-state index in [1.165, 1.54) is 25.6 Å². The fraction of sp³-hybridized carbons (Fsp3) is 0.500. The molecule has 1 fully saturated rings. The summed E-state index contributed by atoms with van der Waals surface area (Å²) in [6.45, 7) is 5.75. The standard InChI is InChI=1S/C16H21N5O2/c1-12-9-14-13(10-15(12)21(22)23)16(19-11-18-14)17-5-8-20-6-3-2-4-7-20/h9-11H,2-8H2,1H3,(H,17,18,19). The summed E-state index contributed by atoms with van der Waals surface area (Å²) in [6.07, 6.45) is 5.35. The van der Waals surface area contributed by atoms with Gasteiger partial charge < -0.3 is 10.2 Å². The van der Waals surface area contributed by atoms with Crippen LogP contribution in [0.1, 0.15) is 24.8 Å². The molecule has 122 valence electrons. The molecule has 0 saturated carbocycles. The Hall–Kier alpha value is -2.28. The minimum absolute atomic E-state index is 0.103. The number of aryl methyl sites for hydroxylation is 1. The molecule has 1 saturated heterocycles. The lowest BCUT2D eigenvalue weighted by Crippen LogP contribution is -2.33. The number of nitrogens with zero attached hydrogens (tertiary/aromatic N) is 4. The highest BCUT2D eigenvalue weighted by Crippen LogP contribution is 2.27. The molecule has 3 rings (SSSR count). The van der Waals surface area contributed by atoms with E-state index >= 15 is 0 Å². The quantitative estimate of drug-likeness (QED) is 0.674. The van der Waals surface area contributed by atoms with Crippen LogP contribution in [0, 0.1) is 17.0 Å². The molecule has 0 atom stereocenters. The Labute approximate surface area is 134 Å². The Morgan fingerprint density at radius 2 is 2.04 bits per heavy atom. The van der Waals surface area contributed by atoms with E-state index in [9.17, 15) is 10.1 Å². The zero-order valence-corrected chi connectivity index (χ0v) is 13.3. The molecule has 1 N–H and O–H groups in total. The molecule has 7 heteroatoms. The van der Waals surface area contributed by atoms with Crippen molar-refractivity contribution in [1.29, 1.82) is 0 Å². The van der Waals surface area contributed by atoms with Gasteiger partial charge in [-0.05, 0) is 38.9 Å². The lowest BCUT2D eigenvalue weighted by atomic mass is 10.1. The number of rotatable bonds is 5. The number of fused-ring (bicyclic) bond motifs is 1. The van der Waals surface area contributed by atoms with Crippen LogP contribution < -0.4 is 5.32 Å². The van der Waals surface area contributed by atoms with Crippen LogP contribution in [0.15, 0.2) is 18.5 Å². The van der Waals surface area contributed by atoms with Gasteiger partial charge in [-0.2, -0.15) is 0 Å². The molecule has 0 aliphatic carbocycles. The summed E-state index contributed by atoms with van der Waals surface area (Å²) in [7, 11) is 0. The van der Waals surface area contributed by atoms with Crippen molar-refractivity contribution in [2.75, 3.05) is 31.5 Å². The molecule has 0 amide bonds. The summed E-state index contributed by atoms with van der Waals surface area (Å²) in [5.74, 6) is 0.662. The van der Waals surface area contributed by atoms with Crippen molar-refractivity contribution < 1.29 is 4.92 Å². The van der Waals surface area contributed by atoms with Crippen LogP contribution in [0.25, 0.3) is 10.9 Å². The first-order valence-electron chi connectivity index (χ1n) is 8.01. The van der Waals surface area contributed by atoms with Crippen molar-refractivity contribution in [3.05, 3.63) is 34.1 Å². The summed E-state index contributed by atoms with van der Waals surface area (Å²) in [4.78, 5) is 21.7. The van der Waals surface area contributed by atoms with Gasteiger partial charge in [-0.3, -0.25) is 10.1 Å². The zero-order chi connectivity index (χ0) is 16.2. The van der Waals surface area contributed by atoms with Crippen LogP contribution in [0.2, 0.25) is 0 Å². The molecule has 1 aliphatic rings. The number of hydrogen-bond acceptors (Lipinski definition) is 6. The minimum Gasteiger partial charge on any atom is -0.368 e. The maximum absolute atomic E-state index is 11.1. The number of hydrogen-bond donors (Lipinski definition) is 1. The summed E-state index contributed by atoms with van der Waals surface area (Å²) in [5, 5.41) is 15.1. The van der Waals surface area contributed by atoms with Gasteiger partial charge in [0.1, 0.15) is 12.1 Å². The first-order chi connectivity index (χ1) is 11.1. The Balaban J connectivity index is 1.77. The molecule has 1 aliphatic heterocycles. The number of nitro benzene ring substituents is 1. The maximum Gasteiger partial charge on any atom is 0.273 e. The second kappa shape index (κ2) is 6.87. The lowest BCUT2D eigenvalue weighted by molar-refractivity contribution is -0.385. The van der Waals surface area contributed by atoms with E-state index < -0.39 is 0 Å². The second-order valence-electron chi connectivity index (χ2n) is 5.96. The third kappa shape index (κ3) is 3.56. The monoisotopic (exact) mass is 315 g/mol. The number of aromatic nitrogens is 2. The van der Waals surface area contributed by atoms with Crippen molar-refractivity contribution in [2.45, 2.75) is 26.2 Å². The predicted octanol–water partition coefficient (Wildman–Crippen LogP) is 2.74. The van der Waals surface area contributed by atoms with E-state index in [0.717, 1.165) is 31.7 Å². The Bertz CT molecular complexity index is 713. The van der Waals surface area contributed by atoms with Gasteiger partial charge >= 0.3 is 0 Å². The van der Waals surface area contributed by atoms with Crippen molar-refractivity contribution in [3.8, 4) is 0 Å². The highest BCUT2D eigenvalue weighted by molar-refractivity contribution is 5.91. The molecule has 0 spiro atoms. The summed E-state index contributed by atoms with van der Waals surface area (Å²) < 4.78 is 0. The molecule has 1 aromatic heterocycles. The fourth-order valence-electron chi connectivity index (χ4n) is 3.05. The largest absolute Gasteiger partial charge is 0.368 e. The second-order valence-corrected chi connectivity index (χ2v) is 5.96. The Morgan fingerprint density at radius 1 is 1.26 bits per heavy atom. The van der Waals surface area contributed by atoms with Crippen LogP contribution in [-0.2, 0) is 0 Å². The maximum atomic E-state index is 11.1. The molecular formula is C16H21N5O2. The van der Waals surface area contributed by atoms with E-state index in [-0.39, 0.29) is 10.6 Å². The Morgan fingerprint density at radius 3 is 2.78 bits per heavy atom. The van der Waals surface area contributed by atoms with Crippen molar-refractivity contribution in [3.63, 3.8) is 0 Å². The van der Waals surface area contributed by atoms with Crippen LogP contribution in [0.5, 0.6) is 0 Å². The van der Waals surface area contributed by atoms with Gasteiger partial charge in [0.15, 0.2) is 0 Å². The predicted molar refractivity (Wildman–Crippen MR) is 89.7 cm³/mol. The van der Waals surface area contributed by atoms with Crippen LogP contribution >= 0.6 is 0 Å². The van der Waals surface area contributed by atoms with Gasteiger partial charge in [-0.25, -0.2) is 9.97 Å². The normalized spacial score (nSPS) is 15.7. The molecule has 23 heavy (non-hydrogen) atoms. The molecule has 0 unspecified atom stereocenters. The topological polar surface area (TPSA) is 84.2 Å². The highest BCUT2D eigenvalue weighted by Gasteiger charge is 2.15. The molecular weight excluding hydrogens is 294 g/mol. The number of benzene rings is 1. The van der Waals surface area contributed by atoms with Gasteiger partial charge in [0.05, 0.1) is 10.4 Å². The SMILES string of the molecule is Cc1cc2ncnc(NCCN3CCCCC3)c2cc1[N+](=O)[O-]. The summed E-state index contributed by atoms with van der Waals surface area (Å²) >= 11 is 0. The molecule has 2 heterocycles. The number of nitro groups is 1. The zero-order valence-electron chi connectivity index (χ0n) is 13.3. The first-order valence-corrected chi connectivity index (χ1v) is 8.01. The Kier molecular flexibility index (Phi) is 4.66. The molecule has 1 aromatic carbocycles. The van der Waals surface area contributed by atoms with Crippen molar-refractivity contribution in [2.24, 2.45) is 0 Å². The first kappa shape index (κ1) is 15.6. The van der Waals surface area contributed by atoms with Gasteiger partial charge in [-0.1, -0.05) is 6.42 Å². The van der Waals surface area contributed by atoms with Gasteiger partial charge in [0.2, 0.25) is 0 Å². The molecule has 2 aromatic rings. The summed E-state index contributed by atoms with van der Waals surface area (Å²) in [6, 6.07) is 3.30. The minimum atomic E-state index is -0.362. The van der Waals surface area contributed by atoms with Crippen LogP contribution in [-0.4, -0.2) is 46.0 Å². The molecule has 7 nitrogen and oxygen atoms in total. The van der Waals surface area contributed by atoms with Gasteiger partial charge in [-0.15, -0.1) is 0 Å². The number of likely N-dealkylation sites (tertiary alicyclic amines) is 1. The lowest BCUT2D eigenvalue weighted by Gasteiger charge is -2.26. The van der Waals surface area contributed by atoms with Gasteiger partial charge in [0.25, 0.3) is 5.69 Å². The van der Waals surface area contributed by atoms with E-state index in [2.05, 4.69) is 20.2 Å². The van der Waals surface area contributed by atoms with Crippen molar-refractivity contribution in [1.82, 2.24) is 14.9 Å². The fourth-order valence-corrected chi connectivity index (χ4v) is 3.05. The van der Waals surface area contributed by atoms with Gasteiger partial charge in [0, 0.05) is 30.1 Å². The third-order valence-corrected chi connectivity index (χ3v) is 4.32. The van der Waals surface area contributed by atoms with E-state index in [1.54, 1.807) is 19.1 Å². The van der Waals surface area contributed by atoms with Crippen LogP contribution in [0.3, 0.4) is 0 Å². The number of piperidine rings is 1. The average molecular weight is 315 g/mol. The number of anilines is 1. The van der Waals surface area contributed by atoms with Crippen LogP contribution in [0.4, 0.5) is 11.5 Å². The van der Waals surface area contributed by atoms with E-state index in [4.69, 9.17) is 0 Å². The third-order valence-electron chi connectivity index (χ3n) is 4.32. The van der Waals surface area contributed by atoms with E-state index in [1.807, 2.05) is 0 Å². The highest BCUT2D eigenvalue weighted by atomic mass is 16.6. The smallest absolute Gasteiger partial charge is 0.273 e. The number of nitrogens with one attached hydrogen (secondary N) is 1. The van der Waals surface area contributed by atoms with Crippen molar-refractivity contribution >= 4 is 22.4 Å². The summed E-state index contributed by atoms with van der Waals surface area (Å²) in [5.41, 5.74) is 1.44.